The predicted octanol–water partition coefficient (Wildman–Crippen LogP) is 5.63. The largest absolute Gasteiger partial charge is 0.455 e. The van der Waals surface area contributed by atoms with Gasteiger partial charge in [0.25, 0.3) is 5.91 Å². The van der Waals surface area contributed by atoms with Crippen LogP contribution in [0.2, 0.25) is 10.0 Å². The fourth-order valence-corrected chi connectivity index (χ4v) is 2.98. The Hall–Kier alpha value is -2.90. The Morgan fingerprint density at radius 1 is 1.17 bits per heavy atom. The summed E-state index contributed by atoms with van der Waals surface area (Å²) in [5.74, 6) is -2.48. The van der Waals surface area contributed by atoms with Crippen molar-refractivity contribution in [1.82, 2.24) is 4.98 Å². The van der Waals surface area contributed by atoms with Crippen LogP contribution in [0.1, 0.15) is 15.9 Å². The molecule has 1 heterocycles. The lowest BCUT2D eigenvalue weighted by atomic mass is 10.1. The Bertz CT molecular complexity index is 1110. The van der Waals surface area contributed by atoms with E-state index in [0.717, 1.165) is 11.0 Å². The minimum atomic E-state index is -1.16. The van der Waals surface area contributed by atoms with Crippen molar-refractivity contribution in [3.63, 3.8) is 0 Å². The summed E-state index contributed by atoms with van der Waals surface area (Å²) in [6.07, 6.45) is 2.73. The highest BCUT2D eigenvalue weighted by molar-refractivity contribution is 6.34. The van der Waals surface area contributed by atoms with Crippen LogP contribution in [0.5, 0.6) is 11.5 Å². The molecule has 5 nitrogen and oxygen atoms in total. The molecule has 0 fully saturated rings. The van der Waals surface area contributed by atoms with Gasteiger partial charge in [-0.3, -0.25) is 9.78 Å². The molecule has 9 heteroatoms. The number of carbonyl (C=O) groups is 1. The van der Waals surface area contributed by atoms with E-state index in [2.05, 4.69) is 4.98 Å². The van der Waals surface area contributed by atoms with Crippen molar-refractivity contribution in [1.29, 1.82) is 0 Å². The average molecular weight is 438 g/mol. The maximum Gasteiger partial charge on any atom is 0.263 e. The first-order chi connectivity index (χ1) is 13.7. The molecule has 0 saturated heterocycles. The number of nitrogen functional groups attached to an aromatic ring is 1. The second kappa shape index (κ2) is 8.23. The lowest BCUT2D eigenvalue weighted by Crippen LogP contribution is -2.28. The Labute approximate surface area is 175 Å². The summed E-state index contributed by atoms with van der Waals surface area (Å²) in [6, 6.07) is 7.04. The van der Waals surface area contributed by atoms with Gasteiger partial charge in [0.2, 0.25) is 0 Å². The fraction of sp³-hybridized carbons (Fsp3) is 0.100. The summed E-state index contributed by atoms with van der Waals surface area (Å²) >= 11 is 12.1. The minimum absolute atomic E-state index is 0.0775. The minimum Gasteiger partial charge on any atom is -0.455 e. The van der Waals surface area contributed by atoms with Gasteiger partial charge in [-0.2, -0.15) is 0 Å². The number of hydrogen-bond acceptors (Lipinski definition) is 4. The van der Waals surface area contributed by atoms with Gasteiger partial charge in [0.05, 0.1) is 16.4 Å². The molecule has 0 bridgehead atoms. The molecule has 29 heavy (non-hydrogen) atoms. The van der Waals surface area contributed by atoms with Gasteiger partial charge in [0.1, 0.15) is 17.1 Å². The third-order valence-electron chi connectivity index (χ3n) is 4.29. The number of amides is 1. The van der Waals surface area contributed by atoms with Crippen LogP contribution in [0.15, 0.2) is 42.7 Å². The van der Waals surface area contributed by atoms with E-state index in [9.17, 15) is 13.6 Å². The molecule has 150 valence electrons. The topological polar surface area (TPSA) is 68.5 Å². The zero-order chi connectivity index (χ0) is 21.3. The molecule has 2 N–H and O–H groups in total. The normalized spacial score (nSPS) is 10.7. The number of ether oxygens (including phenoxy) is 1. The maximum atomic E-state index is 13.8. The van der Waals surface area contributed by atoms with Crippen molar-refractivity contribution in [3.05, 3.63) is 75.5 Å². The first-order valence-corrected chi connectivity index (χ1v) is 9.05. The zero-order valence-corrected chi connectivity index (χ0v) is 16.9. The molecule has 1 aromatic heterocycles. The molecule has 0 radical (unpaired) electrons. The number of rotatable bonds is 4. The van der Waals surface area contributed by atoms with Crippen LogP contribution in [-0.4, -0.2) is 17.9 Å². The third kappa shape index (κ3) is 4.11. The molecule has 0 aliphatic rings. The van der Waals surface area contributed by atoms with Gasteiger partial charge in [-0.1, -0.05) is 23.2 Å². The Balaban J connectivity index is 2.00. The van der Waals surface area contributed by atoms with E-state index in [1.807, 2.05) is 0 Å². The van der Waals surface area contributed by atoms with Crippen molar-refractivity contribution < 1.29 is 18.3 Å². The summed E-state index contributed by atoms with van der Waals surface area (Å²) in [4.78, 5) is 18.1. The number of pyridine rings is 1. The summed E-state index contributed by atoms with van der Waals surface area (Å²) in [7, 11) is 1.41. The van der Waals surface area contributed by atoms with Gasteiger partial charge < -0.3 is 15.4 Å². The number of aromatic nitrogens is 1. The lowest BCUT2D eigenvalue weighted by molar-refractivity contribution is 0.0990. The van der Waals surface area contributed by atoms with Crippen molar-refractivity contribution in [2.24, 2.45) is 0 Å². The lowest BCUT2D eigenvalue weighted by Gasteiger charge is -2.22. The number of carbonyl (C=O) groups excluding carboxylic acids is 1. The van der Waals surface area contributed by atoms with E-state index >= 15 is 0 Å². The molecule has 0 spiro atoms. The maximum absolute atomic E-state index is 13.8. The predicted molar refractivity (Wildman–Crippen MR) is 109 cm³/mol. The van der Waals surface area contributed by atoms with E-state index in [1.54, 1.807) is 12.1 Å². The van der Waals surface area contributed by atoms with Crippen LogP contribution >= 0.6 is 23.2 Å². The fourth-order valence-electron chi connectivity index (χ4n) is 2.67. The second-order valence-electron chi connectivity index (χ2n) is 6.14. The van der Waals surface area contributed by atoms with E-state index in [-0.39, 0.29) is 34.0 Å². The van der Waals surface area contributed by atoms with Crippen LogP contribution < -0.4 is 15.4 Å². The van der Waals surface area contributed by atoms with Crippen LogP contribution in [0, 0.1) is 18.6 Å². The average Bonchev–Trinajstić information content (AvgIpc) is 2.71. The highest BCUT2D eigenvalue weighted by Gasteiger charge is 2.23. The van der Waals surface area contributed by atoms with Gasteiger partial charge in [-0.15, -0.1) is 0 Å². The summed E-state index contributed by atoms with van der Waals surface area (Å²) < 4.78 is 33.3. The number of hydrogen-bond donors (Lipinski definition) is 1. The number of nitrogens with zero attached hydrogens (tertiary/aromatic N) is 2. The van der Waals surface area contributed by atoms with E-state index in [0.29, 0.717) is 10.0 Å². The standard InChI is InChI=1S/C20H15Cl2F2N3O2/c1-10-15(8-14(23)18(24)19(10)25)27(2)20(28)12-9-26-6-5-16(12)29-17-7-11(21)3-4-13(17)22/h3-9H,25H2,1-2H3. The van der Waals surface area contributed by atoms with Gasteiger partial charge >= 0.3 is 0 Å². The highest BCUT2D eigenvalue weighted by Crippen LogP contribution is 2.35. The van der Waals surface area contributed by atoms with E-state index < -0.39 is 17.5 Å². The highest BCUT2D eigenvalue weighted by atomic mass is 35.5. The molecule has 3 aromatic rings. The van der Waals surface area contributed by atoms with Gasteiger partial charge in [-0.05, 0) is 30.7 Å². The first kappa shape index (κ1) is 20.8. The number of anilines is 2. The zero-order valence-electron chi connectivity index (χ0n) is 15.3. The molecule has 2 aromatic carbocycles. The smallest absolute Gasteiger partial charge is 0.263 e. The third-order valence-corrected chi connectivity index (χ3v) is 4.84. The van der Waals surface area contributed by atoms with Crippen LogP contribution in [-0.2, 0) is 0 Å². The molecule has 0 atom stereocenters. The SMILES string of the molecule is Cc1c(N(C)C(=O)c2cnccc2Oc2cc(Cl)ccc2Cl)cc(F)c(F)c1N. The van der Waals surface area contributed by atoms with Gasteiger partial charge in [0, 0.05) is 36.6 Å². The van der Waals surface area contributed by atoms with Gasteiger partial charge in [0.15, 0.2) is 11.6 Å². The van der Waals surface area contributed by atoms with Crippen molar-refractivity contribution >= 4 is 40.5 Å². The molecule has 0 aliphatic heterocycles. The van der Waals surface area contributed by atoms with E-state index in [4.69, 9.17) is 33.7 Å². The molecule has 1 amide bonds. The summed E-state index contributed by atoms with van der Waals surface area (Å²) in [5, 5.41) is 0.693. The van der Waals surface area contributed by atoms with Crippen LogP contribution in [0.3, 0.4) is 0 Å². The van der Waals surface area contributed by atoms with Gasteiger partial charge in [-0.25, -0.2) is 8.78 Å². The number of nitrogens with two attached hydrogens (primary N) is 1. The Kier molecular flexibility index (Phi) is 5.91. The molecule has 0 unspecified atom stereocenters. The quantitative estimate of drug-likeness (QED) is 0.537. The molecular formula is C20H15Cl2F2N3O2. The number of halogens is 4. The van der Waals surface area contributed by atoms with E-state index in [1.165, 1.54) is 38.5 Å². The summed E-state index contributed by atoms with van der Waals surface area (Å²) in [5.41, 5.74) is 5.65. The van der Waals surface area contributed by atoms with Crippen molar-refractivity contribution in [3.8, 4) is 11.5 Å². The number of benzene rings is 2. The summed E-state index contributed by atoms with van der Waals surface area (Å²) in [6.45, 7) is 1.49. The molecule has 3 rings (SSSR count). The van der Waals surface area contributed by atoms with Crippen molar-refractivity contribution in [2.75, 3.05) is 17.7 Å². The van der Waals surface area contributed by atoms with Crippen LogP contribution in [0.25, 0.3) is 0 Å². The molecule has 0 aliphatic carbocycles. The van der Waals surface area contributed by atoms with Crippen LogP contribution in [0.4, 0.5) is 20.2 Å². The molecular weight excluding hydrogens is 423 g/mol. The Morgan fingerprint density at radius 3 is 2.62 bits per heavy atom. The second-order valence-corrected chi connectivity index (χ2v) is 6.99. The monoisotopic (exact) mass is 437 g/mol. The first-order valence-electron chi connectivity index (χ1n) is 8.29. The van der Waals surface area contributed by atoms with Crippen molar-refractivity contribution in [2.45, 2.75) is 6.92 Å². The molecule has 0 saturated carbocycles. The Morgan fingerprint density at radius 2 is 1.90 bits per heavy atom.